The van der Waals surface area contributed by atoms with Crippen molar-refractivity contribution >= 4 is 22.9 Å². The Balaban J connectivity index is 0.000000350. The Hall–Kier alpha value is -3.11. The number of aromatic amines is 1. The van der Waals surface area contributed by atoms with Gasteiger partial charge in [-0.1, -0.05) is 0 Å². The number of hydrogen-bond acceptors (Lipinski definition) is 8. The van der Waals surface area contributed by atoms with Crippen molar-refractivity contribution in [2.75, 3.05) is 5.73 Å². The van der Waals surface area contributed by atoms with Crippen LogP contribution >= 0.6 is 0 Å². The molecule has 0 fully saturated rings. The van der Waals surface area contributed by atoms with E-state index < -0.39 is 5.91 Å². The molecule has 11 N–H and O–H groups in total. The second-order valence-corrected chi connectivity index (χ2v) is 3.47. The van der Waals surface area contributed by atoms with E-state index in [1.807, 2.05) is 0 Å². The highest BCUT2D eigenvalue weighted by atomic mass is 16.1. The summed E-state index contributed by atoms with van der Waals surface area (Å²) in [5.41, 5.74) is 12.2. The maximum atomic E-state index is 10.4. The van der Waals surface area contributed by atoms with Gasteiger partial charge in [0.1, 0.15) is 11.8 Å². The summed E-state index contributed by atoms with van der Waals surface area (Å²) < 4.78 is 0. The number of nitrogen functional groups attached to an aromatic ring is 1. The lowest BCUT2D eigenvalue weighted by Gasteiger charge is -1.89. The van der Waals surface area contributed by atoms with Crippen LogP contribution in [0, 0.1) is 0 Å². The summed E-state index contributed by atoms with van der Waals surface area (Å²) >= 11 is 0. The Labute approximate surface area is 120 Å². The SMILES string of the molecule is N.N.NC(=O)c1cccnc1.Nc1ncnc2nc[nH]c12. The van der Waals surface area contributed by atoms with Gasteiger partial charge in [-0.3, -0.25) is 9.78 Å². The maximum Gasteiger partial charge on any atom is 0.250 e. The van der Waals surface area contributed by atoms with Crippen molar-refractivity contribution in [2.45, 2.75) is 0 Å². The highest BCUT2D eigenvalue weighted by molar-refractivity contribution is 5.92. The predicted molar refractivity (Wildman–Crippen MR) is 78.9 cm³/mol. The van der Waals surface area contributed by atoms with E-state index in [1.165, 1.54) is 18.9 Å². The zero-order valence-corrected chi connectivity index (χ0v) is 11.2. The Morgan fingerprint density at radius 1 is 1.19 bits per heavy atom. The summed E-state index contributed by atoms with van der Waals surface area (Å²) in [6, 6.07) is 3.29. The molecular weight excluding hydrogens is 274 g/mol. The quantitative estimate of drug-likeness (QED) is 0.423. The minimum absolute atomic E-state index is 0. The summed E-state index contributed by atoms with van der Waals surface area (Å²) in [5, 5.41) is 0. The Morgan fingerprint density at radius 3 is 2.48 bits per heavy atom. The van der Waals surface area contributed by atoms with E-state index in [0.29, 0.717) is 22.5 Å². The number of carbonyl (C=O) groups is 1. The standard InChI is InChI=1S/C6H6N2O.C5H5N5.2H3N/c7-6(9)5-2-1-3-8-4-5;6-4-3-5(9-1-7-3)10-2-8-4;;/h1-4H,(H2,7,9);1-2H,(H3,6,7,8,9,10);2*1H3. The normalized spacial score (nSPS) is 8.76. The first-order valence-electron chi connectivity index (χ1n) is 5.28. The number of H-pyrrole nitrogens is 1. The molecule has 3 rings (SSSR count). The highest BCUT2D eigenvalue weighted by Gasteiger charge is 1.99. The van der Waals surface area contributed by atoms with Crippen molar-refractivity contribution in [2.24, 2.45) is 5.73 Å². The fraction of sp³-hybridized carbons (Fsp3) is 0. The molecule has 21 heavy (non-hydrogen) atoms. The molecule has 0 aromatic carbocycles. The molecular formula is C11H17N9O. The Morgan fingerprint density at radius 2 is 1.95 bits per heavy atom. The lowest BCUT2D eigenvalue weighted by Crippen LogP contribution is -2.10. The lowest BCUT2D eigenvalue weighted by atomic mass is 10.3. The minimum Gasteiger partial charge on any atom is -0.382 e. The number of pyridine rings is 1. The zero-order valence-electron chi connectivity index (χ0n) is 11.2. The molecule has 0 aliphatic carbocycles. The number of primary amides is 1. The summed E-state index contributed by atoms with van der Waals surface area (Å²) in [6.07, 6.45) is 5.95. The van der Waals surface area contributed by atoms with E-state index in [4.69, 9.17) is 11.5 Å². The molecule has 0 atom stereocenters. The third-order valence-electron chi connectivity index (χ3n) is 2.20. The van der Waals surface area contributed by atoms with E-state index in [-0.39, 0.29) is 12.3 Å². The van der Waals surface area contributed by atoms with Crippen LogP contribution < -0.4 is 23.8 Å². The molecule has 0 aliphatic rings. The van der Waals surface area contributed by atoms with E-state index in [0.717, 1.165) is 0 Å². The first kappa shape index (κ1) is 17.9. The molecule has 0 saturated heterocycles. The van der Waals surface area contributed by atoms with Crippen LogP contribution in [0.15, 0.2) is 37.2 Å². The molecule has 0 unspecified atom stereocenters. The Kier molecular flexibility index (Phi) is 6.93. The van der Waals surface area contributed by atoms with Gasteiger partial charge in [0, 0.05) is 12.4 Å². The van der Waals surface area contributed by atoms with Crippen LogP contribution in [0.3, 0.4) is 0 Å². The number of nitrogens with one attached hydrogen (secondary N) is 1. The summed E-state index contributed by atoms with van der Waals surface area (Å²) in [5.74, 6) is -0.00870. The average molecular weight is 291 g/mol. The van der Waals surface area contributed by atoms with Gasteiger partial charge in [0.05, 0.1) is 11.9 Å². The van der Waals surface area contributed by atoms with Gasteiger partial charge in [-0.25, -0.2) is 15.0 Å². The number of nitrogens with two attached hydrogens (primary N) is 2. The third kappa shape index (κ3) is 4.49. The van der Waals surface area contributed by atoms with Crippen molar-refractivity contribution in [3.05, 3.63) is 42.7 Å². The van der Waals surface area contributed by atoms with E-state index in [2.05, 4.69) is 24.9 Å². The number of amides is 1. The van der Waals surface area contributed by atoms with Crippen LogP contribution in [-0.4, -0.2) is 30.8 Å². The van der Waals surface area contributed by atoms with Gasteiger partial charge in [0.15, 0.2) is 11.5 Å². The number of hydrogen-bond donors (Lipinski definition) is 5. The molecule has 0 bridgehead atoms. The molecule has 3 aromatic rings. The number of carbonyl (C=O) groups excluding carboxylic acids is 1. The number of imidazole rings is 1. The molecule has 1 amide bonds. The molecule has 10 heteroatoms. The molecule has 0 spiro atoms. The topological polar surface area (TPSA) is 206 Å². The average Bonchev–Trinajstić information content (AvgIpc) is 2.90. The van der Waals surface area contributed by atoms with Gasteiger partial charge in [-0.05, 0) is 12.1 Å². The van der Waals surface area contributed by atoms with Gasteiger partial charge >= 0.3 is 0 Å². The van der Waals surface area contributed by atoms with Crippen LogP contribution in [-0.2, 0) is 0 Å². The van der Waals surface area contributed by atoms with Gasteiger partial charge in [0.2, 0.25) is 5.91 Å². The van der Waals surface area contributed by atoms with Crippen molar-refractivity contribution in [3.63, 3.8) is 0 Å². The first-order valence-corrected chi connectivity index (χ1v) is 5.28. The van der Waals surface area contributed by atoms with Crippen LogP contribution in [0.25, 0.3) is 11.2 Å². The molecule has 0 radical (unpaired) electrons. The number of anilines is 1. The smallest absolute Gasteiger partial charge is 0.250 e. The highest BCUT2D eigenvalue weighted by Crippen LogP contribution is 2.09. The third-order valence-corrected chi connectivity index (χ3v) is 2.20. The van der Waals surface area contributed by atoms with Crippen molar-refractivity contribution in [3.8, 4) is 0 Å². The molecule has 3 heterocycles. The molecule has 0 saturated carbocycles. The number of aromatic nitrogens is 5. The van der Waals surface area contributed by atoms with Gasteiger partial charge in [-0.2, -0.15) is 0 Å². The Bertz CT molecular complexity index is 682. The van der Waals surface area contributed by atoms with Crippen LogP contribution in [0.2, 0.25) is 0 Å². The summed E-state index contributed by atoms with van der Waals surface area (Å²) in [6.45, 7) is 0. The van der Waals surface area contributed by atoms with Gasteiger partial charge in [-0.15, -0.1) is 0 Å². The molecule has 0 aliphatic heterocycles. The fourth-order valence-corrected chi connectivity index (χ4v) is 1.29. The van der Waals surface area contributed by atoms with Gasteiger partial charge in [0.25, 0.3) is 0 Å². The first-order chi connectivity index (χ1) is 9.18. The number of fused-ring (bicyclic) bond motifs is 1. The van der Waals surface area contributed by atoms with Crippen LogP contribution in [0.4, 0.5) is 5.82 Å². The second-order valence-electron chi connectivity index (χ2n) is 3.47. The second kappa shape index (κ2) is 8.14. The monoisotopic (exact) mass is 291 g/mol. The zero-order chi connectivity index (χ0) is 13.7. The lowest BCUT2D eigenvalue weighted by molar-refractivity contribution is 0.1000. The van der Waals surface area contributed by atoms with Gasteiger partial charge < -0.3 is 28.8 Å². The fourth-order valence-electron chi connectivity index (χ4n) is 1.29. The van der Waals surface area contributed by atoms with Crippen molar-refractivity contribution in [1.82, 2.24) is 37.2 Å². The number of nitrogens with zero attached hydrogens (tertiary/aromatic N) is 4. The van der Waals surface area contributed by atoms with Crippen molar-refractivity contribution in [1.29, 1.82) is 0 Å². The van der Waals surface area contributed by atoms with E-state index >= 15 is 0 Å². The van der Waals surface area contributed by atoms with E-state index in [9.17, 15) is 4.79 Å². The molecule has 112 valence electrons. The predicted octanol–water partition coefficient (Wildman–Crippen LogP) is 0.440. The van der Waals surface area contributed by atoms with Crippen LogP contribution in [0.5, 0.6) is 0 Å². The molecule has 10 nitrogen and oxygen atoms in total. The summed E-state index contributed by atoms with van der Waals surface area (Å²) in [7, 11) is 0. The largest absolute Gasteiger partial charge is 0.382 e. The van der Waals surface area contributed by atoms with Crippen molar-refractivity contribution < 1.29 is 4.79 Å². The minimum atomic E-state index is -0.442. The molecule has 3 aromatic heterocycles. The van der Waals surface area contributed by atoms with E-state index in [1.54, 1.807) is 18.3 Å². The van der Waals surface area contributed by atoms with Crippen LogP contribution in [0.1, 0.15) is 10.4 Å². The number of rotatable bonds is 1. The summed E-state index contributed by atoms with van der Waals surface area (Å²) in [4.78, 5) is 28.5. The maximum absolute atomic E-state index is 10.4.